The van der Waals surface area contributed by atoms with Crippen molar-refractivity contribution in [3.05, 3.63) is 60.7 Å². The van der Waals surface area contributed by atoms with Crippen LogP contribution in [0.4, 0.5) is 8.78 Å². The van der Waals surface area contributed by atoms with Crippen LogP contribution in [0.25, 0.3) is 0 Å². The summed E-state index contributed by atoms with van der Waals surface area (Å²) in [5.74, 6) is -2.74. The van der Waals surface area contributed by atoms with E-state index in [1.807, 2.05) is 0 Å². The van der Waals surface area contributed by atoms with E-state index in [0.717, 1.165) is 23.4 Å². The van der Waals surface area contributed by atoms with Crippen molar-refractivity contribution in [2.24, 2.45) is 0 Å². The van der Waals surface area contributed by atoms with E-state index in [1.54, 1.807) is 0 Å². The van der Waals surface area contributed by atoms with Crippen molar-refractivity contribution >= 4 is 7.82 Å². The molecule has 1 aromatic carbocycles. The minimum absolute atomic E-state index is 0.0455. The minimum atomic E-state index is -4.98. The topological polar surface area (TPSA) is 128 Å². The first-order chi connectivity index (χ1) is 12.3. The van der Waals surface area contributed by atoms with Crippen molar-refractivity contribution in [2.45, 2.75) is 18.7 Å². The standard InChI is InChI=1S/C13H13F2N6O4P/c14-9-1-2-10(12(15)3-9)11(4-20-7-16-5-18-20)13(25-26(22,23)24)21-8-17-6-19-21/h1-3,5-8,11,13H,4H2,(H2,22,23,24)/t11-,13+/m1/s1. The van der Waals surface area contributed by atoms with Crippen LogP contribution in [0.15, 0.2) is 43.5 Å². The number of phosphoric acid groups is 1. The van der Waals surface area contributed by atoms with E-state index >= 15 is 0 Å². The summed E-state index contributed by atoms with van der Waals surface area (Å²) in [4.78, 5) is 26.0. The van der Waals surface area contributed by atoms with Gasteiger partial charge in [0, 0.05) is 6.07 Å². The molecular formula is C13H13F2N6O4P. The van der Waals surface area contributed by atoms with Crippen LogP contribution in [-0.4, -0.2) is 39.3 Å². The number of nitrogens with zero attached hydrogens (tertiary/aromatic N) is 6. The molecule has 0 fully saturated rings. The number of halogens is 2. The molecule has 0 radical (unpaired) electrons. The Balaban J connectivity index is 2.08. The largest absolute Gasteiger partial charge is 0.471 e. The lowest BCUT2D eigenvalue weighted by molar-refractivity contribution is 0.0432. The van der Waals surface area contributed by atoms with Crippen LogP contribution < -0.4 is 0 Å². The third kappa shape index (κ3) is 4.35. The Bertz CT molecular complexity index is 902. The summed E-state index contributed by atoms with van der Waals surface area (Å²) in [6.07, 6.45) is 3.43. The summed E-state index contributed by atoms with van der Waals surface area (Å²) in [5, 5.41) is 7.72. The first-order valence-electron chi connectivity index (χ1n) is 7.19. The highest BCUT2D eigenvalue weighted by atomic mass is 31.2. The molecule has 26 heavy (non-hydrogen) atoms. The zero-order valence-corrected chi connectivity index (χ0v) is 13.9. The molecule has 0 bridgehead atoms. The van der Waals surface area contributed by atoms with Crippen LogP contribution in [0.5, 0.6) is 0 Å². The third-order valence-corrected chi connectivity index (χ3v) is 3.99. The predicted molar refractivity (Wildman–Crippen MR) is 81.3 cm³/mol. The predicted octanol–water partition coefficient (Wildman–Crippen LogP) is 1.24. The van der Waals surface area contributed by atoms with E-state index < -0.39 is 31.6 Å². The number of benzene rings is 1. The minimum Gasteiger partial charge on any atom is -0.303 e. The summed E-state index contributed by atoms with van der Waals surface area (Å²) in [5.41, 5.74) is -0.0455. The van der Waals surface area contributed by atoms with Crippen LogP contribution >= 0.6 is 7.82 Å². The van der Waals surface area contributed by atoms with Crippen LogP contribution in [0.2, 0.25) is 0 Å². The van der Waals surface area contributed by atoms with Crippen LogP contribution in [-0.2, 0) is 15.6 Å². The highest BCUT2D eigenvalue weighted by molar-refractivity contribution is 7.46. The third-order valence-electron chi connectivity index (χ3n) is 3.50. The van der Waals surface area contributed by atoms with Crippen molar-refractivity contribution in [3.63, 3.8) is 0 Å². The summed E-state index contributed by atoms with van der Waals surface area (Å²) in [6.45, 7) is -0.0763. The number of phosphoric ester groups is 1. The van der Waals surface area contributed by atoms with Gasteiger partial charge in [0.05, 0.1) is 12.5 Å². The molecule has 0 amide bonds. The molecule has 138 valence electrons. The van der Waals surface area contributed by atoms with Gasteiger partial charge in [-0.1, -0.05) is 6.07 Å². The van der Waals surface area contributed by atoms with Crippen molar-refractivity contribution < 1.29 is 27.7 Å². The van der Waals surface area contributed by atoms with E-state index in [-0.39, 0.29) is 12.1 Å². The van der Waals surface area contributed by atoms with Gasteiger partial charge in [0.15, 0.2) is 6.23 Å². The number of hydrogen-bond donors (Lipinski definition) is 2. The normalized spacial score (nSPS) is 14.3. The molecule has 2 N–H and O–H groups in total. The van der Waals surface area contributed by atoms with Gasteiger partial charge in [-0.2, -0.15) is 10.2 Å². The average Bonchev–Trinajstić information content (AvgIpc) is 3.24. The molecule has 3 aromatic rings. The Morgan fingerprint density at radius 1 is 1.15 bits per heavy atom. The van der Waals surface area contributed by atoms with Gasteiger partial charge in [0.1, 0.15) is 36.9 Å². The summed E-state index contributed by atoms with van der Waals surface area (Å²) in [6, 6.07) is 2.86. The zero-order valence-electron chi connectivity index (χ0n) is 13.0. The second-order valence-corrected chi connectivity index (χ2v) is 6.44. The van der Waals surface area contributed by atoms with Crippen molar-refractivity contribution in [2.75, 3.05) is 0 Å². The van der Waals surface area contributed by atoms with Crippen LogP contribution in [0.1, 0.15) is 17.7 Å². The Labute approximate surface area is 145 Å². The van der Waals surface area contributed by atoms with Crippen molar-refractivity contribution in [1.29, 1.82) is 0 Å². The smallest absolute Gasteiger partial charge is 0.303 e. The molecule has 0 aliphatic carbocycles. The second kappa shape index (κ2) is 7.38. The first-order valence-corrected chi connectivity index (χ1v) is 8.72. The van der Waals surface area contributed by atoms with Gasteiger partial charge in [-0.05, 0) is 11.6 Å². The molecule has 0 aliphatic heterocycles. The van der Waals surface area contributed by atoms with Gasteiger partial charge in [0.2, 0.25) is 0 Å². The van der Waals surface area contributed by atoms with E-state index in [0.29, 0.717) is 6.07 Å². The Kier molecular flexibility index (Phi) is 5.18. The SMILES string of the molecule is O=P(O)(O)O[C@@H]([C@H](Cn1cncn1)c1ccc(F)cc1F)n1cncn1. The summed E-state index contributed by atoms with van der Waals surface area (Å²) >= 11 is 0. The monoisotopic (exact) mass is 386 g/mol. The fourth-order valence-electron chi connectivity index (χ4n) is 2.47. The van der Waals surface area contributed by atoms with E-state index in [1.165, 1.54) is 23.4 Å². The molecule has 2 aromatic heterocycles. The molecule has 0 unspecified atom stereocenters. The molecule has 3 rings (SSSR count). The van der Waals surface area contributed by atoms with Crippen molar-refractivity contribution in [3.8, 4) is 0 Å². The highest BCUT2D eigenvalue weighted by Gasteiger charge is 2.35. The zero-order chi connectivity index (χ0) is 18.7. The van der Waals surface area contributed by atoms with Gasteiger partial charge in [-0.15, -0.1) is 0 Å². The van der Waals surface area contributed by atoms with Gasteiger partial charge >= 0.3 is 7.82 Å². The van der Waals surface area contributed by atoms with Gasteiger partial charge < -0.3 is 9.79 Å². The average molecular weight is 386 g/mol. The second-order valence-electron chi connectivity index (χ2n) is 5.25. The van der Waals surface area contributed by atoms with E-state index in [2.05, 4.69) is 20.2 Å². The van der Waals surface area contributed by atoms with Gasteiger partial charge in [-0.3, -0.25) is 9.21 Å². The molecule has 13 heteroatoms. The maximum Gasteiger partial charge on any atom is 0.471 e. The summed E-state index contributed by atoms with van der Waals surface area (Å²) in [7, 11) is -4.98. The quantitative estimate of drug-likeness (QED) is 0.581. The van der Waals surface area contributed by atoms with Gasteiger partial charge in [0.25, 0.3) is 0 Å². The summed E-state index contributed by atoms with van der Waals surface area (Å²) < 4.78 is 46.3. The highest BCUT2D eigenvalue weighted by Crippen LogP contribution is 2.46. The Morgan fingerprint density at radius 2 is 1.88 bits per heavy atom. The number of aromatic nitrogens is 6. The van der Waals surface area contributed by atoms with Crippen molar-refractivity contribution in [1.82, 2.24) is 29.5 Å². The lowest BCUT2D eigenvalue weighted by Crippen LogP contribution is -2.25. The van der Waals surface area contributed by atoms with E-state index in [9.17, 15) is 23.1 Å². The number of hydrogen-bond acceptors (Lipinski definition) is 6. The fourth-order valence-corrected chi connectivity index (χ4v) is 2.99. The molecule has 0 saturated heterocycles. The van der Waals surface area contributed by atoms with Crippen LogP contribution in [0, 0.1) is 11.6 Å². The Morgan fingerprint density at radius 3 is 2.46 bits per heavy atom. The number of rotatable bonds is 7. The van der Waals surface area contributed by atoms with Crippen LogP contribution in [0.3, 0.4) is 0 Å². The molecular weight excluding hydrogens is 373 g/mol. The molecule has 0 saturated carbocycles. The molecule has 2 heterocycles. The lowest BCUT2D eigenvalue weighted by Gasteiger charge is -2.27. The van der Waals surface area contributed by atoms with E-state index in [4.69, 9.17) is 4.52 Å². The fraction of sp³-hybridized carbons (Fsp3) is 0.231. The maximum absolute atomic E-state index is 14.4. The molecule has 0 spiro atoms. The maximum atomic E-state index is 14.4. The molecule has 0 aliphatic rings. The molecule has 2 atom stereocenters. The Hall–Kier alpha value is -2.53. The molecule has 10 nitrogen and oxygen atoms in total. The first kappa shape index (κ1) is 18.3. The van der Waals surface area contributed by atoms with Gasteiger partial charge in [-0.25, -0.2) is 28.0 Å². The lowest BCUT2D eigenvalue weighted by atomic mass is 9.96.